The van der Waals surface area contributed by atoms with Gasteiger partial charge in [-0.2, -0.15) is 0 Å². The Morgan fingerprint density at radius 1 is 1.50 bits per heavy atom. The Kier molecular flexibility index (Phi) is 3.25. The van der Waals surface area contributed by atoms with Crippen molar-refractivity contribution in [3.05, 3.63) is 34.5 Å². The minimum Gasteiger partial charge on any atom is -0.496 e. The fourth-order valence-electron chi connectivity index (χ4n) is 1.66. The summed E-state index contributed by atoms with van der Waals surface area (Å²) < 4.78 is 10.2. The van der Waals surface area contributed by atoms with Gasteiger partial charge in [-0.05, 0) is 25.1 Å². The SMILES string of the molecule is COc1ccc(Cl)cc1-c1onc(C)c1C(=O)O. The van der Waals surface area contributed by atoms with Gasteiger partial charge in [0.25, 0.3) is 0 Å². The zero-order valence-corrected chi connectivity index (χ0v) is 10.5. The maximum Gasteiger partial charge on any atom is 0.341 e. The first kappa shape index (κ1) is 12.4. The van der Waals surface area contributed by atoms with Gasteiger partial charge in [-0.1, -0.05) is 16.8 Å². The van der Waals surface area contributed by atoms with E-state index in [9.17, 15) is 4.79 Å². The zero-order valence-electron chi connectivity index (χ0n) is 9.73. The van der Waals surface area contributed by atoms with Gasteiger partial charge in [0.1, 0.15) is 11.3 Å². The van der Waals surface area contributed by atoms with Crippen LogP contribution in [0.25, 0.3) is 11.3 Å². The third-order valence-corrected chi connectivity index (χ3v) is 2.72. The molecule has 18 heavy (non-hydrogen) atoms. The Balaban J connectivity index is 2.69. The molecule has 5 nitrogen and oxygen atoms in total. The van der Waals surface area contributed by atoms with E-state index in [-0.39, 0.29) is 11.3 Å². The summed E-state index contributed by atoms with van der Waals surface area (Å²) in [6, 6.07) is 4.86. The number of aryl methyl sites for hydroxylation is 1. The molecule has 0 atom stereocenters. The van der Waals surface area contributed by atoms with Gasteiger partial charge < -0.3 is 14.4 Å². The van der Waals surface area contributed by atoms with E-state index in [1.165, 1.54) is 7.11 Å². The molecule has 0 bridgehead atoms. The van der Waals surface area contributed by atoms with Crippen LogP contribution in [0.15, 0.2) is 22.7 Å². The van der Waals surface area contributed by atoms with Gasteiger partial charge >= 0.3 is 5.97 Å². The summed E-state index contributed by atoms with van der Waals surface area (Å²) in [5, 5.41) is 13.3. The zero-order chi connectivity index (χ0) is 13.3. The van der Waals surface area contributed by atoms with E-state index in [2.05, 4.69) is 5.16 Å². The molecule has 0 fully saturated rings. The highest BCUT2D eigenvalue weighted by Crippen LogP contribution is 2.35. The average Bonchev–Trinajstić information content (AvgIpc) is 2.71. The third kappa shape index (κ3) is 2.04. The summed E-state index contributed by atoms with van der Waals surface area (Å²) in [5.74, 6) is -0.497. The molecule has 1 heterocycles. The number of nitrogens with zero attached hydrogens (tertiary/aromatic N) is 1. The molecule has 0 aliphatic rings. The molecule has 0 saturated heterocycles. The first-order valence-corrected chi connectivity index (χ1v) is 5.46. The van der Waals surface area contributed by atoms with Gasteiger partial charge in [0.05, 0.1) is 18.4 Å². The van der Waals surface area contributed by atoms with Crippen molar-refractivity contribution in [3.63, 3.8) is 0 Å². The lowest BCUT2D eigenvalue weighted by molar-refractivity contribution is 0.0696. The Morgan fingerprint density at radius 2 is 2.22 bits per heavy atom. The van der Waals surface area contributed by atoms with Crippen molar-refractivity contribution in [2.75, 3.05) is 7.11 Å². The average molecular weight is 268 g/mol. The Hall–Kier alpha value is -2.01. The molecular weight excluding hydrogens is 258 g/mol. The Bertz CT molecular complexity index is 606. The maximum atomic E-state index is 11.2. The third-order valence-electron chi connectivity index (χ3n) is 2.48. The highest BCUT2D eigenvalue weighted by atomic mass is 35.5. The second-order valence-corrected chi connectivity index (χ2v) is 4.06. The standard InChI is InChI=1S/C12H10ClNO4/c1-6-10(12(15)16)11(18-14-6)8-5-7(13)3-4-9(8)17-2/h3-5H,1-2H3,(H,15,16). The van der Waals surface area contributed by atoms with Gasteiger partial charge in [0.2, 0.25) is 0 Å². The lowest BCUT2D eigenvalue weighted by Crippen LogP contribution is -1.99. The fraction of sp³-hybridized carbons (Fsp3) is 0.167. The highest BCUT2D eigenvalue weighted by Gasteiger charge is 2.23. The number of aromatic carboxylic acids is 1. The quantitative estimate of drug-likeness (QED) is 0.925. The molecule has 6 heteroatoms. The fourth-order valence-corrected chi connectivity index (χ4v) is 1.84. The molecule has 1 aromatic carbocycles. The number of benzene rings is 1. The second-order valence-electron chi connectivity index (χ2n) is 3.62. The lowest BCUT2D eigenvalue weighted by Gasteiger charge is -2.06. The van der Waals surface area contributed by atoms with Crippen molar-refractivity contribution in [1.82, 2.24) is 5.16 Å². The van der Waals surface area contributed by atoms with Crippen LogP contribution in [0, 0.1) is 6.92 Å². The van der Waals surface area contributed by atoms with Crippen LogP contribution in [0.3, 0.4) is 0 Å². The molecule has 2 rings (SSSR count). The minimum atomic E-state index is -1.11. The van der Waals surface area contributed by atoms with Crippen molar-refractivity contribution >= 4 is 17.6 Å². The van der Waals surface area contributed by atoms with Crippen molar-refractivity contribution in [2.24, 2.45) is 0 Å². The van der Waals surface area contributed by atoms with E-state index in [0.717, 1.165) is 0 Å². The largest absolute Gasteiger partial charge is 0.496 e. The van der Waals surface area contributed by atoms with Crippen LogP contribution in [-0.2, 0) is 0 Å². The summed E-state index contributed by atoms with van der Waals surface area (Å²) in [5.41, 5.74) is 0.776. The Morgan fingerprint density at radius 3 is 2.83 bits per heavy atom. The molecule has 1 N–H and O–H groups in total. The highest BCUT2D eigenvalue weighted by molar-refractivity contribution is 6.31. The Labute approximate surface area is 108 Å². The molecule has 0 unspecified atom stereocenters. The van der Waals surface area contributed by atoms with E-state index in [1.807, 2.05) is 0 Å². The second kappa shape index (κ2) is 4.70. The van der Waals surface area contributed by atoms with Gasteiger partial charge in [-0.15, -0.1) is 0 Å². The number of ether oxygens (including phenoxy) is 1. The molecule has 1 aromatic heterocycles. The number of rotatable bonds is 3. The molecule has 0 spiro atoms. The van der Waals surface area contributed by atoms with Gasteiger partial charge in [-0.3, -0.25) is 0 Å². The van der Waals surface area contributed by atoms with Crippen LogP contribution in [0.2, 0.25) is 5.02 Å². The normalized spacial score (nSPS) is 10.4. The summed E-state index contributed by atoms with van der Waals surface area (Å²) in [6.45, 7) is 1.56. The number of carboxylic acids is 1. The van der Waals surface area contributed by atoms with Gasteiger partial charge in [0.15, 0.2) is 5.76 Å². The molecule has 94 valence electrons. The van der Waals surface area contributed by atoms with Crippen LogP contribution in [0.1, 0.15) is 16.1 Å². The molecule has 0 amide bonds. The number of halogens is 1. The molecule has 0 aliphatic heterocycles. The van der Waals surface area contributed by atoms with Crippen LogP contribution in [-0.4, -0.2) is 23.3 Å². The lowest BCUT2D eigenvalue weighted by atomic mass is 10.1. The van der Waals surface area contributed by atoms with E-state index < -0.39 is 5.97 Å². The molecule has 0 radical (unpaired) electrons. The molecule has 0 aliphatic carbocycles. The predicted octanol–water partition coefficient (Wildman–Crippen LogP) is 3.01. The monoisotopic (exact) mass is 267 g/mol. The number of methoxy groups -OCH3 is 1. The van der Waals surface area contributed by atoms with Crippen molar-refractivity contribution < 1.29 is 19.2 Å². The molecule has 2 aromatic rings. The van der Waals surface area contributed by atoms with Crippen molar-refractivity contribution in [2.45, 2.75) is 6.92 Å². The maximum absolute atomic E-state index is 11.2. The minimum absolute atomic E-state index is 0.00978. The van der Waals surface area contributed by atoms with E-state index >= 15 is 0 Å². The van der Waals surface area contributed by atoms with E-state index in [1.54, 1.807) is 25.1 Å². The van der Waals surface area contributed by atoms with Crippen molar-refractivity contribution in [3.8, 4) is 17.1 Å². The number of hydrogen-bond donors (Lipinski definition) is 1. The number of carboxylic acid groups (broad SMARTS) is 1. The summed E-state index contributed by atoms with van der Waals surface area (Å²) >= 11 is 5.90. The molecule has 0 saturated carbocycles. The van der Waals surface area contributed by atoms with Crippen LogP contribution in [0.5, 0.6) is 5.75 Å². The predicted molar refractivity (Wildman–Crippen MR) is 65.2 cm³/mol. The summed E-state index contributed by atoms with van der Waals surface area (Å²) in [7, 11) is 1.48. The summed E-state index contributed by atoms with van der Waals surface area (Å²) in [4.78, 5) is 11.2. The topological polar surface area (TPSA) is 72.6 Å². The van der Waals surface area contributed by atoms with Crippen LogP contribution >= 0.6 is 11.6 Å². The van der Waals surface area contributed by atoms with Crippen LogP contribution in [0.4, 0.5) is 0 Å². The first-order chi connectivity index (χ1) is 8.54. The van der Waals surface area contributed by atoms with Gasteiger partial charge in [-0.25, -0.2) is 4.79 Å². The number of hydrogen-bond acceptors (Lipinski definition) is 4. The smallest absolute Gasteiger partial charge is 0.341 e. The first-order valence-electron chi connectivity index (χ1n) is 5.08. The summed E-state index contributed by atoms with van der Waals surface area (Å²) in [6.07, 6.45) is 0. The molecular formula is C12H10ClNO4. The van der Waals surface area contributed by atoms with Crippen LogP contribution < -0.4 is 4.74 Å². The number of carbonyl (C=O) groups is 1. The van der Waals surface area contributed by atoms with Crippen molar-refractivity contribution in [1.29, 1.82) is 0 Å². The van der Waals surface area contributed by atoms with E-state index in [0.29, 0.717) is 22.0 Å². The van der Waals surface area contributed by atoms with Gasteiger partial charge in [0, 0.05) is 5.02 Å². The number of aromatic nitrogens is 1. The van der Waals surface area contributed by atoms with E-state index in [4.69, 9.17) is 26.0 Å².